The van der Waals surface area contributed by atoms with Gasteiger partial charge in [-0.15, -0.1) is 0 Å². The molecule has 2 rings (SSSR count). The standard InChI is InChI=1S/C8H14O2/c1-5-6-2-3-10-8(6)4-7(5)9/h5-9H,2-4H2,1H3/t5?,6-,7?,8+/m1/s1. The molecule has 1 aliphatic carbocycles. The first-order valence-electron chi connectivity index (χ1n) is 4.08. The van der Waals surface area contributed by atoms with Crippen LogP contribution in [-0.4, -0.2) is 23.9 Å². The van der Waals surface area contributed by atoms with Crippen molar-refractivity contribution in [1.82, 2.24) is 0 Å². The molecule has 0 aromatic carbocycles. The van der Waals surface area contributed by atoms with Crippen LogP contribution in [0.25, 0.3) is 0 Å². The van der Waals surface area contributed by atoms with Crippen LogP contribution in [0.4, 0.5) is 0 Å². The number of aliphatic hydroxyl groups is 1. The Morgan fingerprint density at radius 3 is 3.00 bits per heavy atom. The summed E-state index contributed by atoms with van der Waals surface area (Å²) >= 11 is 0. The Hall–Kier alpha value is -0.0800. The predicted octanol–water partition coefficient (Wildman–Crippen LogP) is 0.792. The highest BCUT2D eigenvalue weighted by Gasteiger charge is 2.43. The Morgan fingerprint density at radius 1 is 1.50 bits per heavy atom. The lowest BCUT2D eigenvalue weighted by Crippen LogP contribution is -2.15. The summed E-state index contributed by atoms with van der Waals surface area (Å²) in [5.41, 5.74) is 0. The van der Waals surface area contributed by atoms with Gasteiger partial charge in [-0.2, -0.15) is 0 Å². The monoisotopic (exact) mass is 142 g/mol. The lowest BCUT2D eigenvalue weighted by molar-refractivity contribution is 0.0794. The van der Waals surface area contributed by atoms with E-state index in [1.165, 1.54) is 0 Å². The van der Waals surface area contributed by atoms with Crippen molar-refractivity contribution in [2.45, 2.75) is 32.0 Å². The van der Waals surface area contributed by atoms with E-state index in [2.05, 4.69) is 6.92 Å². The normalized spacial score (nSPS) is 53.4. The number of fused-ring (bicyclic) bond motifs is 1. The summed E-state index contributed by atoms with van der Waals surface area (Å²) in [6, 6.07) is 0. The van der Waals surface area contributed by atoms with Gasteiger partial charge in [0, 0.05) is 13.0 Å². The van der Waals surface area contributed by atoms with E-state index in [1.807, 2.05) is 0 Å². The molecule has 1 saturated heterocycles. The van der Waals surface area contributed by atoms with Crippen LogP contribution < -0.4 is 0 Å². The van der Waals surface area contributed by atoms with Crippen LogP contribution in [0.1, 0.15) is 19.8 Å². The van der Waals surface area contributed by atoms with Gasteiger partial charge in [-0.1, -0.05) is 6.92 Å². The van der Waals surface area contributed by atoms with Gasteiger partial charge < -0.3 is 9.84 Å². The number of hydrogen-bond donors (Lipinski definition) is 1. The number of ether oxygens (including phenoxy) is 1. The van der Waals surface area contributed by atoms with Gasteiger partial charge in [0.15, 0.2) is 0 Å². The quantitative estimate of drug-likeness (QED) is 0.542. The zero-order chi connectivity index (χ0) is 7.14. The maximum Gasteiger partial charge on any atom is 0.0632 e. The smallest absolute Gasteiger partial charge is 0.0632 e. The first-order valence-corrected chi connectivity index (χ1v) is 4.08. The van der Waals surface area contributed by atoms with E-state index in [0.717, 1.165) is 19.4 Å². The van der Waals surface area contributed by atoms with Crippen molar-refractivity contribution in [3.8, 4) is 0 Å². The highest BCUT2D eigenvalue weighted by atomic mass is 16.5. The van der Waals surface area contributed by atoms with Crippen molar-refractivity contribution in [2.75, 3.05) is 6.61 Å². The van der Waals surface area contributed by atoms with E-state index < -0.39 is 0 Å². The molecule has 1 heterocycles. The summed E-state index contributed by atoms with van der Waals surface area (Å²) in [6.07, 6.45) is 2.30. The molecule has 0 radical (unpaired) electrons. The molecule has 0 aromatic heterocycles. The molecule has 10 heavy (non-hydrogen) atoms. The van der Waals surface area contributed by atoms with Crippen molar-refractivity contribution in [2.24, 2.45) is 11.8 Å². The van der Waals surface area contributed by atoms with Crippen molar-refractivity contribution < 1.29 is 9.84 Å². The Morgan fingerprint density at radius 2 is 2.30 bits per heavy atom. The molecule has 0 aromatic rings. The van der Waals surface area contributed by atoms with Crippen LogP contribution in [-0.2, 0) is 4.74 Å². The van der Waals surface area contributed by atoms with Gasteiger partial charge in [-0.05, 0) is 18.3 Å². The fraction of sp³-hybridized carbons (Fsp3) is 1.00. The highest BCUT2D eigenvalue weighted by Crippen LogP contribution is 2.40. The fourth-order valence-electron chi connectivity index (χ4n) is 2.25. The molecular formula is C8H14O2. The first kappa shape index (κ1) is 6.62. The van der Waals surface area contributed by atoms with Crippen LogP contribution in [0.5, 0.6) is 0 Å². The summed E-state index contributed by atoms with van der Waals surface area (Å²) in [5, 5.41) is 9.42. The van der Waals surface area contributed by atoms with Crippen LogP contribution in [0.2, 0.25) is 0 Å². The van der Waals surface area contributed by atoms with Crippen LogP contribution in [0, 0.1) is 11.8 Å². The summed E-state index contributed by atoms with van der Waals surface area (Å²) in [7, 11) is 0. The van der Waals surface area contributed by atoms with Gasteiger partial charge in [-0.3, -0.25) is 0 Å². The molecule has 4 atom stereocenters. The van der Waals surface area contributed by atoms with Gasteiger partial charge in [-0.25, -0.2) is 0 Å². The Kier molecular flexibility index (Phi) is 1.46. The van der Waals surface area contributed by atoms with Crippen molar-refractivity contribution >= 4 is 0 Å². The highest BCUT2D eigenvalue weighted by molar-refractivity contribution is 4.92. The summed E-state index contributed by atoms with van der Waals surface area (Å²) in [4.78, 5) is 0. The average molecular weight is 142 g/mol. The van der Waals surface area contributed by atoms with E-state index in [4.69, 9.17) is 4.74 Å². The topological polar surface area (TPSA) is 29.5 Å². The molecule has 0 amide bonds. The minimum Gasteiger partial charge on any atom is -0.393 e. The van der Waals surface area contributed by atoms with E-state index in [1.54, 1.807) is 0 Å². The fourth-order valence-corrected chi connectivity index (χ4v) is 2.25. The summed E-state index contributed by atoms with van der Waals surface area (Å²) < 4.78 is 5.46. The molecule has 1 aliphatic heterocycles. The maximum absolute atomic E-state index is 9.42. The molecule has 0 bridgehead atoms. The maximum atomic E-state index is 9.42. The van der Waals surface area contributed by atoms with Crippen LogP contribution >= 0.6 is 0 Å². The van der Waals surface area contributed by atoms with E-state index in [0.29, 0.717) is 17.9 Å². The van der Waals surface area contributed by atoms with Crippen molar-refractivity contribution in [3.05, 3.63) is 0 Å². The van der Waals surface area contributed by atoms with Gasteiger partial charge >= 0.3 is 0 Å². The lowest BCUT2D eigenvalue weighted by atomic mass is 9.94. The molecule has 2 heteroatoms. The average Bonchev–Trinajstić information content (AvgIpc) is 2.41. The van der Waals surface area contributed by atoms with E-state index in [-0.39, 0.29) is 6.10 Å². The number of aliphatic hydroxyl groups excluding tert-OH is 1. The Balaban J connectivity index is 2.09. The molecule has 2 unspecified atom stereocenters. The molecular weight excluding hydrogens is 128 g/mol. The second kappa shape index (κ2) is 2.21. The molecule has 2 fully saturated rings. The zero-order valence-electron chi connectivity index (χ0n) is 6.29. The summed E-state index contributed by atoms with van der Waals surface area (Å²) in [6.45, 7) is 3.04. The molecule has 2 aliphatic rings. The minimum atomic E-state index is -0.102. The molecule has 0 spiro atoms. The molecule has 1 N–H and O–H groups in total. The SMILES string of the molecule is CC1C(O)C[C@@H]2OCC[C@H]12. The second-order valence-corrected chi connectivity index (χ2v) is 3.52. The van der Waals surface area contributed by atoms with Crippen LogP contribution in [0.3, 0.4) is 0 Å². The van der Waals surface area contributed by atoms with E-state index >= 15 is 0 Å². The predicted molar refractivity (Wildman–Crippen MR) is 37.6 cm³/mol. The van der Waals surface area contributed by atoms with Crippen LogP contribution in [0.15, 0.2) is 0 Å². The van der Waals surface area contributed by atoms with Crippen molar-refractivity contribution in [1.29, 1.82) is 0 Å². The molecule has 2 nitrogen and oxygen atoms in total. The molecule has 1 saturated carbocycles. The third-order valence-corrected chi connectivity index (χ3v) is 3.02. The lowest BCUT2D eigenvalue weighted by Gasteiger charge is -2.12. The number of rotatable bonds is 0. The van der Waals surface area contributed by atoms with Gasteiger partial charge in [0.1, 0.15) is 0 Å². The van der Waals surface area contributed by atoms with Gasteiger partial charge in [0.25, 0.3) is 0 Å². The second-order valence-electron chi connectivity index (χ2n) is 3.52. The summed E-state index contributed by atoms with van der Waals surface area (Å²) in [5.74, 6) is 1.11. The number of hydrogen-bond acceptors (Lipinski definition) is 2. The van der Waals surface area contributed by atoms with Gasteiger partial charge in [0.2, 0.25) is 0 Å². The largest absolute Gasteiger partial charge is 0.393 e. The zero-order valence-corrected chi connectivity index (χ0v) is 6.29. The molecule has 58 valence electrons. The third-order valence-electron chi connectivity index (χ3n) is 3.02. The Labute approximate surface area is 61.2 Å². The van der Waals surface area contributed by atoms with Gasteiger partial charge in [0.05, 0.1) is 12.2 Å². The van der Waals surface area contributed by atoms with E-state index in [9.17, 15) is 5.11 Å². The van der Waals surface area contributed by atoms with Crippen molar-refractivity contribution in [3.63, 3.8) is 0 Å². The Bertz CT molecular complexity index is 133. The minimum absolute atomic E-state index is 0.102. The first-order chi connectivity index (χ1) is 4.79. The third kappa shape index (κ3) is 0.789.